The number of aromatic nitrogens is 2. The van der Waals surface area contributed by atoms with Crippen molar-refractivity contribution >= 4 is 17.4 Å². The van der Waals surface area contributed by atoms with Gasteiger partial charge in [-0.15, -0.1) is 0 Å². The van der Waals surface area contributed by atoms with Crippen molar-refractivity contribution in [2.24, 2.45) is 0 Å². The van der Waals surface area contributed by atoms with Gasteiger partial charge >= 0.3 is 11.9 Å². The Morgan fingerprint density at radius 1 is 0.935 bits per heavy atom. The Balaban J connectivity index is 1.85. The van der Waals surface area contributed by atoms with Crippen molar-refractivity contribution in [2.75, 3.05) is 5.32 Å². The fraction of sp³-hybridized carbons (Fsp3) is 0.0870. The number of halogens is 4. The van der Waals surface area contributed by atoms with Crippen LogP contribution in [0.25, 0.3) is 16.9 Å². The summed E-state index contributed by atoms with van der Waals surface area (Å²) >= 11 is 5.76. The van der Waals surface area contributed by atoms with Crippen LogP contribution in [0.5, 0.6) is 0 Å². The van der Waals surface area contributed by atoms with Crippen molar-refractivity contribution in [1.82, 2.24) is 9.55 Å². The molecule has 4 aromatic rings. The highest BCUT2D eigenvalue weighted by Gasteiger charge is 2.34. The topological polar surface area (TPSA) is 49.8 Å². The Morgan fingerprint density at radius 2 is 1.58 bits per heavy atom. The molecule has 0 saturated heterocycles. The first-order valence-electron chi connectivity index (χ1n) is 9.40. The third-order valence-electron chi connectivity index (χ3n) is 4.77. The fourth-order valence-electron chi connectivity index (χ4n) is 3.34. The number of nitrogens with zero attached hydrogens (tertiary/aromatic N) is 1. The van der Waals surface area contributed by atoms with Gasteiger partial charge in [-0.3, -0.25) is 9.55 Å². The lowest BCUT2D eigenvalue weighted by Crippen LogP contribution is -2.17. The molecule has 1 aromatic heterocycles. The number of rotatable bonds is 5. The number of nitrogens with one attached hydrogen (secondary N) is 2. The van der Waals surface area contributed by atoms with Crippen LogP contribution >= 0.6 is 11.6 Å². The largest absolute Gasteiger partial charge is 0.417 e. The van der Waals surface area contributed by atoms with E-state index in [1.807, 2.05) is 36.4 Å². The molecular weight excluding hydrogens is 427 g/mol. The minimum absolute atomic E-state index is 0.0598. The highest BCUT2D eigenvalue weighted by Crippen LogP contribution is 2.37. The molecule has 4 rings (SSSR count). The lowest BCUT2D eigenvalue weighted by molar-refractivity contribution is -0.137. The van der Waals surface area contributed by atoms with Gasteiger partial charge in [0, 0.05) is 12.1 Å². The van der Waals surface area contributed by atoms with Crippen molar-refractivity contribution in [2.45, 2.75) is 12.7 Å². The third-order valence-corrected chi connectivity index (χ3v) is 5.10. The van der Waals surface area contributed by atoms with Crippen LogP contribution in [-0.4, -0.2) is 9.55 Å². The maximum Gasteiger partial charge on any atom is 0.417 e. The zero-order chi connectivity index (χ0) is 22.0. The van der Waals surface area contributed by atoms with Crippen LogP contribution in [-0.2, 0) is 12.7 Å². The Kier molecular flexibility index (Phi) is 5.61. The molecule has 2 N–H and O–H groups in total. The van der Waals surface area contributed by atoms with Crippen molar-refractivity contribution in [3.8, 4) is 16.9 Å². The molecule has 31 heavy (non-hydrogen) atoms. The summed E-state index contributed by atoms with van der Waals surface area (Å²) in [4.78, 5) is 15.6. The first kappa shape index (κ1) is 20.8. The molecule has 0 saturated carbocycles. The van der Waals surface area contributed by atoms with Gasteiger partial charge in [0.15, 0.2) is 0 Å². The molecule has 4 nitrogen and oxygen atoms in total. The molecule has 0 aliphatic rings. The number of H-pyrrole nitrogens is 1. The molecule has 0 fully saturated rings. The smallest absolute Gasteiger partial charge is 0.366 e. The van der Waals surface area contributed by atoms with Gasteiger partial charge in [-0.05, 0) is 23.8 Å². The summed E-state index contributed by atoms with van der Waals surface area (Å²) in [5, 5.41) is 2.76. The second-order valence-corrected chi connectivity index (χ2v) is 7.26. The number of aromatic amines is 1. The average Bonchev–Trinajstić information content (AvgIpc) is 3.09. The molecule has 1 heterocycles. The summed E-state index contributed by atoms with van der Waals surface area (Å²) in [5.74, 6) is 0.406. The van der Waals surface area contributed by atoms with Gasteiger partial charge in [0.1, 0.15) is 5.82 Å². The van der Waals surface area contributed by atoms with Gasteiger partial charge < -0.3 is 5.32 Å². The molecule has 158 valence electrons. The average molecular weight is 444 g/mol. The van der Waals surface area contributed by atoms with Crippen LogP contribution in [0.4, 0.5) is 19.0 Å². The van der Waals surface area contributed by atoms with Crippen LogP contribution in [0, 0.1) is 0 Å². The molecule has 8 heteroatoms. The van der Waals surface area contributed by atoms with Gasteiger partial charge in [-0.1, -0.05) is 72.3 Å². The van der Waals surface area contributed by atoms with E-state index in [-0.39, 0.29) is 5.69 Å². The van der Waals surface area contributed by atoms with Crippen molar-refractivity contribution < 1.29 is 13.2 Å². The third kappa shape index (κ3) is 4.36. The van der Waals surface area contributed by atoms with Crippen LogP contribution < -0.4 is 11.0 Å². The van der Waals surface area contributed by atoms with E-state index < -0.39 is 22.5 Å². The second-order valence-electron chi connectivity index (χ2n) is 6.86. The Labute approximate surface area is 180 Å². The molecule has 0 radical (unpaired) electrons. The number of benzene rings is 3. The number of anilines is 1. The predicted molar refractivity (Wildman–Crippen MR) is 116 cm³/mol. The summed E-state index contributed by atoms with van der Waals surface area (Å²) < 4.78 is 41.4. The second kappa shape index (κ2) is 8.35. The minimum Gasteiger partial charge on any atom is -0.366 e. The van der Waals surface area contributed by atoms with Gasteiger partial charge in [0.25, 0.3) is 0 Å². The minimum atomic E-state index is -4.64. The summed E-state index contributed by atoms with van der Waals surface area (Å²) in [6.07, 6.45) is -4.64. The van der Waals surface area contributed by atoms with Gasteiger partial charge in [0.05, 0.1) is 22.0 Å². The fourth-order valence-corrected chi connectivity index (χ4v) is 3.56. The molecule has 0 aliphatic heterocycles. The van der Waals surface area contributed by atoms with Gasteiger partial charge in [0.2, 0.25) is 0 Å². The highest BCUT2D eigenvalue weighted by molar-refractivity contribution is 6.31. The number of imidazole rings is 1. The predicted octanol–water partition coefficient (Wildman–Crippen LogP) is 6.12. The van der Waals surface area contributed by atoms with E-state index >= 15 is 0 Å². The molecule has 0 aliphatic carbocycles. The van der Waals surface area contributed by atoms with Crippen molar-refractivity contribution in [3.05, 3.63) is 105 Å². The number of hydrogen-bond acceptors (Lipinski definition) is 2. The molecular formula is C23H17ClF3N3O. The summed E-state index contributed by atoms with van der Waals surface area (Å²) in [5.41, 5.74) is 0.574. The van der Waals surface area contributed by atoms with Crippen LogP contribution in [0.15, 0.2) is 83.7 Å². The highest BCUT2D eigenvalue weighted by atomic mass is 35.5. The van der Waals surface area contributed by atoms with E-state index in [0.717, 1.165) is 17.7 Å². The number of alkyl halides is 3. The lowest BCUT2D eigenvalue weighted by atomic mass is 10.1. The monoisotopic (exact) mass is 443 g/mol. The van der Waals surface area contributed by atoms with Crippen molar-refractivity contribution in [1.29, 1.82) is 0 Å². The summed E-state index contributed by atoms with van der Waals surface area (Å²) in [6, 6.07) is 21.9. The van der Waals surface area contributed by atoms with Crippen LogP contribution in [0.3, 0.4) is 0 Å². The molecule has 0 unspecified atom stereocenters. The molecule has 0 amide bonds. The summed E-state index contributed by atoms with van der Waals surface area (Å²) in [7, 11) is 0. The van der Waals surface area contributed by atoms with E-state index in [4.69, 9.17) is 11.6 Å². The van der Waals surface area contributed by atoms with Gasteiger partial charge in [-0.25, -0.2) is 4.79 Å². The maximum atomic E-state index is 13.4. The number of hydrogen-bond donors (Lipinski definition) is 2. The van der Waals surface area contributed by atoms with E-state index in [1.165, 1.54) is 10.6 Å². The first-order chi connectivity index (χ1) is 14.8. The summed E-state index contributed by atoms with van der Waals surface area (Å²) in [6.45, 7) is 0.426. The Bertz CT molecular complexity index is 1250. The zero-order valence-electron chi connectivity index (χ0n) is 16.1. The molecule has 3 aromatic carbocycles. The van der Waals surface area contributed by atoms with E-state index in [0.29, 0.717) is 23.6 Å². The first-order valence-corrected chi connectivity index (χ1v) is 9.78. The van der Waals surface area contributed by atoms with Crippen molar-refractivity contribution in [3.63, 3.8) is 0 Å². The molecule has 0 atom stereocenters. The van der Waals surface area contributed by atoms with E-state index in [1.54, 1.807) is 24.3 Å². The SMILES string of the molecule is O=c1[nH]c(NCc2ccccc2)c(-c2ccccc2)n1-c1ccc(Cl)c(C(F)(F)F)c1. The normalized spacial score (nSPS) is 11.5. The Morgan fingerprint density at radius 3 is 2.23 bits per heavy atom. The Hall–Kier alpha value is -3.45. The van der Waals surface area contributed by atoms with Crippen LogP contribution in [0.1, 0.15) is 11.1 Å². The standard InChI is InChI=1S/C23H17ClF3N3O/c24-19-12-11-17(13-18(19)23(25,26)27)30-20(16-9-5-2-6-10-16)21(29-22(30)31)28-14-15-7-3-1-4-8-15/h1-13,28H,14H2,(H,29,31). The van der Waals surface area contributed by atoms with Gasteiger partial charge in [-0.2, -0.15) is 13.2 Å². The quantitative estimate of drug-likeness (QED) is 0.390. The maximum absolute atomic E-state index is 13.4. The molecule has 0 bridgehead atoms. The van der Waals surface area contributed by atoms with Crippen LogP contribution in [0.2, 0.25) is 5.02 Å². The molecule has 0 spiro atoms. The zero-order valence-corrected chi connectivity index (χ0v) is 16.8. The lowest BCUT2D eigenvalue weighted by Gasteiger charge is -2.14. The van der Waals surface area contributed by atoms with E-state index in [9.17, 15) is 18.0 Å². The van der Waals surface area contributed by atoms with E-state index in [2.05, 4.69) is 10.3 Å².